The molecule has 0 aliphatic heterocycles. The topological polar surface area (TPSA) is 12.0 Å². The lowest BCUT2D eigenvalue weighted by Crippen LogP contribution is -2.38. The summed E-state index contributed by atoms with van der Waals surface area (Å²) in [6.07, 6.45) is 5.90. The molecule has 0 aliphatic carbocycles. The maximum atomic E-state index is 13.4. The van der Waals surface area contributed by atoms with Crippen molar-refractivity contribution >= 4 is 0 Å². The number of aryl methyl sites for hydroxylation is 1. The van der Waals surface area contributed by atoms with Crippen LogP contribution in [0.15, 0.2) is 18.2 Å². The van der Waals surface area contributed by atoms with Gasteiger partial charge in [-0.2, -0.15) is 0 Å². The third kappa shape index (κ3) is 5.24. The Labute approximate surface area is 124 Å². The Morgan fingerprint density at radius 1 is 1.20 bits per heavy atom. The third-order valence-electron chi connectivity index (χ3n) is 4.24. The van der Waals surface area contributed by atoms with Gasteiger partial charge in [0.15, 0.2) is 0 Å². The van der Waals surface area contributed by atoms with Crippen molar-refractivity contribution in [2.24, 2.45) is 5.92 Å². The van der Waals surface area contributed by atoms with E-state index >= 15 is 0 Å². The summed E-state index contributed by atoms with van der Waals surface area (Å²) in [5, 5.41) is 3.62. The average molecular weight is 279 g/mol. The highest BCUT2D eigenvalue weighted by Crippen LogP contribution is 2.22. The predicted molar refractivity (Wildman–Crippen MR) is 85.6 cm³/mol. The fourth-order valence-corrected chi connectivity index (χ4v) is 2.92. The third-order valence-corrected chi connectivity index (χ3v) is 4.24. The molecule has 1 aromatic carbocycles. The van der Waals surface area contributed by atoms with E-state index in [2.05, 4.69) is 33.0 Å². The molecule has 0 saturated heterocycles. The van der Waals surface area contributed by atoms with Crippen LogP contribution in [0, 0.1) is 18.7 Å². The van der Waals surface area contributed by atoms with Crippen LogP contribution in [0.3, 0.4) is 0 Å². The number of unbranched alkanes of at least 4 members (excludes halogenated alkanes) is 1. The van der Waals surface area contributed by atoms with Gasteiger partial charge in [0.05, 0.1) is 0 Å². The van der Waals surface area contributed by atoms with Crippen molar-refractivity contribution in [1.29, 1.82) is 0 Å². The summed E-state index contributed by atoms with van der Waals surface area (Å²) in [7, 11) is 0. The molecular formula is C18H30FN. The zero-order valence-electron chi connectivity index (χ0n) is 13.5. The normalized spacial score (nSPS) is 14.2. The Morgan fingerprint density at radius 2 is 1.95 bits per heavy atom. The van der Waals surface area contributed by atoms with Crippen molar-refractivity contribution in [2.45, 2.75) is 65.8 Å². The molecule has 1 rings (SSSR count). The Hall–Kier alpha value is -0.890. The highest BCUT2D eigenvalue weighted by atomic mass is 19.1. The van der Waals surface area contributed by atoms with Gasteiger partial charge in [-0.05, 0) is 55.5 Å². The smallest absolute Gasteiger partial charge is 0.123 e. The quantitative estimate of drug-likeness (QED) is 0.680. The average Bonchev–Trinajstić information content (AvgIpc) is 2.43. The van der Waals surface area contributed by atoms with Gasteiger partial charge in [-0.3, -0.25) is 0 Å². The summed E-state index contributed by atoms with van der Waals surface area (Å²) in [6.45, 7) is 9.71. The summed E-state index contributed by atoms with van der Waals surface area (Å²) in [4.78, 5) is 0. The molecule has 114 valence electrons. The molecule has 0 spiro atoms. The number of halogens is 1. The minimum atomic E-state index is -0.123. The number of likely N-dealkylation sites (N-methyl/N-ethyl adjacent to an activating group) is 1. The van der Waals surface area contributed by atoms with Gasteiger partial charge in [0, 0.05) is 6.04 Å². The van der Waals surface area contributed by atoms with E-state index in [1.807, 2.05) is 6.07 Å². The molecule has 0 bridgehead atoms. The van der Waals surface area contributed by atoms with Crippen LogP contribution in [-0.4, -0.2) is 12.6 Å². The Balaban J connectivity index is 2.81. The van der Waals surface area contributed by atoms with Crippen LogP contribution in [0.2, 0.25) is 0 Å². The van der Waals surface area contributed by atoms with Crippen LogP contribution in [0.5, 0.6) is 0 Å². The van der Waals surface area contributed by atoms with Gasteiger partial charge < -0.3 is 5.32 Å². The molecule has 2 heteroatoms. The van der Waals surface area contributed by atoms with Gasteiger partial charge in [-0.1, -0.05) is 46.1 Å². The standard InChI is InChI=1S/C18H30FN/c1-5-8-9-15(6-2)18(20-7-3)13-16-12-17(19)11-10-14(16)4/h10-12,15,18,20H,5-9,13H2,1-4H3. The van der Waals surface area contributed by atoms with Gasteiger partial charge in [0.1, 0.15) is 5.82 Å². The monoisotopic (exact) mass is 279 g/mol. The van der Waals surface area contributed by atoms with E-state index in [0.29, 0.717) is 12.0 Å². The van der Waals surface area contributed by atoms with Crippen LogP contribution < -0.4 is 5.32 Å². The van der Waals surface area contributed by atoms with Crippen molar-refractivity contribution in [2.75, 3.05) is 6.54 Å². The summed E-state index contributed by atoms with van der Waals surface area (Å²) < 4.78 is 13.4. The molecule has 20 heavy (non-hydrogen) atoms. The van der Waals surface area contributed by atoms with Crippen LogP contribution in [0.1, 0.15) is 57.6 Å². The number of rotatable bonds is 9. The van der Waals surface area contributed by atoms with Crippen molar-refractivity contribution in [3.05, 3.63) is 35.1 Å². The molecule has 0 amide bonds. The minimum absolute atomic E-state index is 0.123. The molecule has 2 atom stereocenters. The van der Waals surface area contributed by atoms with Crippen LogP contribution in [0.25, 0.3) is 0 Å². The molecule has 2 unspecified atom stereocenters. The second kappa shape index (κ2) is 9.12. The number of nitrogens with one attached hydrogen (secondary N) is 1. The van der Waals surface area contributed by atoms with E-state index in [4.69, 9.17) is 0 Å². The van der Waals surface area contributed by atoms with E-state index in [1.54, 1.807) is 12.1 Å². The molecule has 1 N–H and O–H groups in total. The Morgan fingerprint density at radius 3 is 2.55 bits per heavy atom. The SMILES string of the molecule is CCCCC(CC)C(Cc1cc(F)ccc1C)NCC. The second-order valence-corrected chi connectivity index (χ2v) is 5.75. The van der Waals surface area contributed by atoms with Crippen molar-refractivity contribution in [1.82, 2.24) is 5.32 Å². The van der Waals surface area contributed by atoms with Gasteiger partial charge in [-0.15, -0.1) is 0 Å². The molecule has 0 heterocycles. The van der Waals surface area contributed by atoms with Gasteiger partial charge >= 0.3 is 0 Å². The lowest BCUT2D eigenvalue weighted by atomic mass is 9.86. The van der Waals surface area contributed by atoms with Crippen LogP contribution in [-0.2, 0) is 6.42 Å². The first-order valence-corrected chi connectivity index (χ1v) is 8.10. The highest BCUT2D eigenvalue weighted by molar-refractivity contribution is 5.27. The second-order valence-electron chi connectivity index (χ2n) is 5.75. The first kappa shape index (κ1) is 17.2. The maximum absolute atomic E-state index is 13.4. The van der Waals surface area contributed by atoms with Gasteiger partial charge in [0.25, 0.3) is 0 Å². The van der Waals surface area contributed by atoms with E-state index in [1.165, 1.54) is 31.2 Å². The van der Waals surface area contributed by atoms with Crippen molar-refractivity contribution < 1.29 is 4.39 Å². The first-order valence-electron chi connectivity index (χ1n) is 8.10. The molecule has 0 radical (unpaired) electrons. The highest BCUT2D eigenvalue weighted by Gasteiger charge is 2.20. The van der Waals surface area contributed by atoms with Crippen molar-refractivity contribution in [3.63, 3.8) is 0 Å². The lowest BCUT2D eigenvalue weighted by molar-refractivity contribution is 0.319. The molecule has 1 aromatic rings. The van der Waals surface area contributed by atoms with Crippen LogP contribution in [0.4, 0.5) is 4.39 Å². The summed E-state index contributed by atoms with van der Waals surface area (Å²) in [5.41, 5.74) is 2.34. The van der Waals surface area contributed by atoms with Crippen LogP contribution >= 0.6 is 0 Å². The fraction of sp³-hybridized carbons (Fsp3) is 0.667. The summed E-state index contributed by atoms with van der Waals surface area (Å²) >= 11 is 0. The van der Waals surface area contributed by atoms with E-state index < -0.39 is 0 Å². The maximum Gasteiger partial charge on any atom is 0.123 e. The predicted octanol–water partition coefficient (Wildman–Crippen LogP) is 4.87. The molecule has 0 aliphatic rings. The van der Waals surface area contributed by atoms with Gasteiger partial charge in [0.2, 0.25) is 0 Å². The summed E-state index contributed by atoms with van der Waals surface area (Å²) in [6, 6.07) is 5.60. The van der Waals surface area contributed by atoms with Crippen molar-refractivity contribution in [3.8, 4) is 0 Å². The van der Waals surface area contributed by atoms with Gasteiger partial charge in [-0.25, -0.2) is 4.39 Å². The zero-order valence-corrected chi connectivity index (χ0v) is 13.5. The number of hydrogen-bond acceptors (Lipinski definition) is 1. The summed E-state index contributed by atoms with van der Waals surface area (Å²) in [5.74, 6) is 0.556. The lowest BCUT2D eigenvalue weighted by Gasteiger charge is -2.28. The van der Waals surface area contributed by atoms with E-state index in [9.17, 15) is 4.39 Å². The zero-order chi connectivity index (χ0) is 15.0. The van der Waals surface area contributed by atoms with E-state index in [-0.39, 0.29) is 5.82 Å². The number of hydrogen-bond donors (Lipinski definition) is 1. The molecular weight excluding hydrogens is 249 g/mol. The molecule has 1 nitrogen and oxygen atoms in total. The molecule has 0 fully saturated rings. The Bertz CT molecular complexity index is 389. The first-order chi connectivity index (χ1) is 9.62. The molecule has 0 aromatic heterocycles. The Kier molecular flexibility index (Phi) is 7.83. The van der Waals surface area contributed by atoms with E-state index in [0.717, 1.165) is 18.5 Å². The largest absolute Gasteiger partial charge is 0.314 e. The fourth-order valence-electron chi connectivity index (χ4n) is 2.92. The molecule has 0 saturated carbocycles. The number of benzene rings is 1. The minimum Gasteiger partial charge on any atom is -0.314 e.